The summed E-state index contributed by atoms with van der Waals surface area (Å²) >= 11 is 0. The Bertz CT molecular complexity index is 217. The predicted molar refractivity (Wildman–Crippen MR) is 55.7 cm³/mol. The van der Waals surface area contributed by atoms with Gasteiger partial charge in [0.25, 0.3) is 0 Å². The molecule has 0 aromatic carbocycles. The smallest absolute Gasteiger partial charge is 0.347 e. The lowest BCUT2D eigenvalue weighted by Crippen LogP contribution is -2.35. The van der Waals surface area contributed by atoms with Crippen molar-refractivity contribution < 1.29 is 18.0 Å². The Morgan fingerprint density at radius 2 is 1.94 bits per heavy atom. The second kappa shape index (κ2) is 6.73. The van der Waals surface area contributed by atoms with Gasteiger partial charge in [0.1, 0.15) is 6.54 Å². The fourth-order valence-corrected chi connectivity index (χ4v) is 1.46. The van der Waals surface area contributed by atoms with Crippen molar-refractivity contribution in [1.82, 2.24) is 5.32 Å². The average molecular weight is 240 g/mol. The molecule has 0 fully saturated rings. The van der Waals surface area contributed by atoms with Gasteiger partial charge in [-0.25, -0.2) is 0 Å². The van der Waals surface area contributed by atoms with Gasteiger partial charge in [0.2, 0.25) is 5.91 Å². The molecule has 0 aliphatic carbocycles. The lowest BCUT2D eigenvalue weighted by atomic mass is 9.94. The molecule has 0 aromatic heterocycles. The van der Waals surface area contributed by atoms with E-state index in [2.05, 4.69) is 0 Å². The van der Waals surface area contributed by atoms with Crippen LogP contribution < -0.4 is 11.1 Å². The van der Waals surface area contributed by atoms with Crippen molar-refractivity contribution in [2.45, 2.75) is 32.9 Å². The van der Waals surface area contributed by atoms with E-state index in [9.17, 15) is 18.0 Å². The quantitative estimate of drug-likeness (QED) is 0.742. The van der Waals surface area contributed by atoms with Crippen molar-refractivity contribution in [3.05, 3.63) is 0 Å². The zero-order valence-corrected chi connectivity index (χ0v) is 9.60. The first-order chi connectivity index (χ1) is 7.24. The van der Waals surface area contributed by atoms with Crippen molar-refractivity contribution in [1.29, 1.82) is 0 Å². The lowest BCUT2D eigenvalue weighted by molar-refractivity contribution is -0.139. The second-order valence-corrected chi connectivity index (χ2v) is 4.33. The van der Waals surface area contributed by atoms with Gasteiger partial charge in [0, 0.05) is 6.42 Å². The largest absolute Gasteiger partial charge is 0.405 e. The first-order valence-corrected chi connectivity index (χ1v) is 5.28. The van der Waals surface area contributed by atoms with E-state index in [0.717, 1.165) is 6.42 Å². The van der Waals surface area contributed by atoms with Gasteiger partial charge in [0.15, 0.2) is 0 Å². The summed E-state index contributed by atoms with van der Waals surface area (Å²) in [5.74, 6) is -0.259. The molecule has 16 heavy (non-hydrogen) atoms. The molecule has 6 heteroatoms. The molecule has 1 atom stereocenters. The molecular weight excluding hydrogens is 221 g/mol. The highest BCUT2D eigenvalue weighted by molar-refractivity contribution is 5.76. The zero-order chi connectivity index (χ0) is 12.8. The first-order valence-electron chi connectivity index (χ1n) is 5.28. The van der Waals surface area contributed by atoms with Crippen molar-refractivity contribution in [2.24, 2.45) is 17.6 Å². The number of nitrogens with two attached hydrogens (primary N) is 1. The molecule has 0 aromatic rings. The number of hydrogen-bond acceptors (Lipinski definition) is 2. The van der Waals surface area contributed by atoms with Crippen LogP contribution >= 0.6 is 0 Å². The molecular formula is C10H19F3N2O. The zero-order valence-electron chi connectivity index (χ0n) is 9.60. The summed E-state index contributed by atoms with van der Waals surface area (Å²) in [5, 5.41) is 1.84. The van der Waals surface area contributed by atoms with Crippen LogP contribution in [0.5, 0.6) is 0 Å². The molecule has 0 saturated heterocycles. The number of amides is 1. The van der Waals surface area contributed by atoms with Crippen molar-refractivity contribution >= 4 is 5.91 Å². The Morgan fingerprint density at radius 3 is 2.31 bits per heavy atom. The van der Waals surface area contributed by atoms with E-state index in [1.165, 1.54) is 0 Å². The standard InChI is InChI=1S/C10H19F3N2O/c1-7(2)3-8(5-14)4-9(16)15-6-10(11,12)13/h7-8H,3-6,14H2,1-2H3,(H,15,16)/t8-/m0/s1. The molecule has 96 valence electrons. The van der Waals surface area contributed by atoms with E-state index in [-0.39, 0.29) is 12.3 Å². The summed E-state index contributed by atoms with van der Waals surface area (Å²) < 4.78 is 35.4. The highest BCUT2D eigenvalue weighted by Crippen LogP contribution is 2.15. The van der Waals surface area contributed by atoms with Crippen LogP contribution in [0.15, 0.2) is 0 Å². The molecule has 0 unspecified atom stereocenters. The maximum atomic E-state index is 11.8. The van der Waals surface area contributed by atoms with E-state index in [0.29, 0.717) is 12.5 Å². The van der Waals surface area contributed by atoms with Gasteiger partial charge in [-0.1, -0.05) is 13.8 Å². The molecule has 0 heterocycles. The first kappa shape index (κ1) is 15.2. The monoisotopic (exact) mass is 240 g/mol. The molecule has 1 amide bonds. The van der Waals surface area contributed by atoms with Gasteiger partial charge in [-0.3, -0.25) is 4.79 Å². The summed E-state index contributed by atoms with van der Waals surface area (Å²) in [6.45, 7) is 3.01. The van der Waals surface area contributed by atoms with Gasteiger partial charge < -0.3 is 11.1 Å². The summed E-state index contributed by atoms with van der Waals surface area (Å²) in [4.78, 5) is 11.2. The van der Waals surface area contributed by atoms with Crippen LogP contribution in [0.2, 0.25) is 0 Å². The molecule has 3 nitrogen and oxygen atoms in total. The molecule has 0 rings (SSSR count). The molecule has 0 bridgehead atoms. The number of alkyl halides is 3. The second-order valence-electron chi connectivity index (χ2n) is 4.33. The van der Waals surface area contributed by atoms with E-state index in [1.807, 2.05) is 19.2 Å². The number of rotatable bonds is 6. The normalized spacial score (nSPS) is 13.9. The van der Waals surface area contributed by atoms with E-state index >= 15 is 0 Å². The van der Waals surface area contributed by atoms with Crippen LogP contribution in [0.1, 0.15) is 26.7 Å². The fraction of sp³-hybridized carbons (Fsp3) is 0.900. The number of nitrogens with one attached hydrogen (secondary N) is 1. The number of hydrogen-bond donors (Lipinski definition) is 2. The third-order valence-corrected chi connectivity index (χ3v) is 2.10. The molecule has 3 N–H and O–H groups in total. The van der Waals surface area contributed by atoms with Crippen LogP contribution in [0.25, 0.3) is 0 Å². The average Bonchev–Trinajstić information content (AvgIpc) is 2.12. The van der Waals surface area contributed by atoms with Gasteiger partial charge in [-0.15, -0.1) is 0 Å². The topological polar surface area (TPSA) is 55.1 Å². The van der Waals surface area contributed by atoms with Crippen LogP contribution in [0.3, 0.4) is 0 Å². The highest BCUT2D eigenvalue weighted by atomic mass is 19.4. The van der Waals surface area contributed by atoms with Crippen LogP contribution in [0.4, 0.5) is 13.2 Å². The van der Waals surface area contributed by atoms with Crippen molar-refractivity contribution in [2.75, 3.05) is 13.1 Å². The van der Waals surface area contributed by atoms with E-state index in [4.69, 9.17) is 5.73 Å². The minimum absolute atomic E-state index is 0.0479. The molecule has 0 aliphatic rings. The summed E-state index contributed by atoms with van der Waals surface area (Å²) in [7, 11) is 0. The van der Waals surface area contributed by atoms with Crippen LogP contribution in [-0.4, -0.2) is 25.2 Å². The maximum Gasteiger partial charge on any atom is 0.405 e. The molecule has 0 radical (unpaired) electrons. The predicted octanol–water partition coefficient (Wildman–Crippen LogP) is 1.68. The third-order valence-electron chi connectivity index (χ3n) is 2.10. The minimum Gasteiger partial charge on any atom is -0.347 e. The maximum absolute atomic E-state index is 11.8. The summed E-state index contributed by atoms with van der Waals surface area (Å²) in [5.41, 5.74) is 5.45. The van der Waals surface area contributed by atoms with Gasteiger partial charge in [-0.05, 0) is 24.8 Å². The number of halogens is 3. The summed E-state index contributed by atoms with van der Waals surface area (Å²) in [6, 6.07) is 0. The highest BCUT2D eigenvalue weighted by Gasteiger charge is 2.28. The fourth-order valence-electron chi connectivity index (χ4n) is 1.46. The van der Waals surface area contributed by atoms with Gasteiger partial charge >= 0.3 is 6.18 Å². The Labute approximate surface area is 93.6 Å². The van der Waals surface area contributed by atoms with Crippen molar-refractivity contribution in [3.63, 3.8) is 0 Å². The third kappa shape index (κ3) is 8.52. The Hall–Kier alpha value is -0.780. The Kier molecular flexibility index (Phi) is 6.40. The Morgan fingerprint density at radius 1 is 1.38 bits per heavy atom. The Balaban J connectivity index is 3.92. The van der Waals surface area contributed by atoms with Gasteiger partial charge in [0.05, 0.1) is 0 Å². The van der Waals surface area contributed by atoms with E-state index < -0.39 is 18.6 Å². The minimum atomic E-state index is -4.36. The van der Waals surface area contributed by atoms with Crippen molar-refractivity contribution in [3.8, 4) is 0 Å². The lowest BCUT2D eigenvalue weighted by Gasteiger charge is -2.16. The summed E-state index contributed by atoms with van der Waals surface area (Å²) in [6.07, 6.45) is -3.55. The van der Waals surface area contributed by atoms with Crippen LogP contribution in [0, 0.1) is 11.8 Å². The number of carbonyl (C=O) groups excluding carboxylic acids is 1. The van der Waals surface area contributed by atoms with Crippen LogP contribution in [-0.2, 0) is 4.79 Å². The van der Waals surface area contributed by atoms with Gasteiger partial charge in [-0.2, -0.15) is 13.2 Å². The van der Waals surface area contributed by atoms with E-state index in [1.54, 1.807) is 0 Å². The molecule has 0 spiro atoms. The molecule has 0 saturated carbocycles. The SMILES string of the molecule is CC(C)C[C@H](CN)CC(=O)NCC(F)(F)F. The number of carbonyl (C=O) groups is 1. The molecule has 0 aliphatic heterocycles.